The maximum absolute atomic E-state index is 6.19. The van der Waals surface area contributed by atoms with E-state index in [2.05, 4.69) is 40.3 Å². The summed E-state index contributed by atoms with van der Waals surface area (Å²) in [6, 6.07) is 14.0. The molecule has 1 N–H and O–H groups in total. The van der Waals surface area contributed by atoms with E-state index in [1.807, 2.05) is 30.3 Å². The molecular formula is C14H12BrClN. The van der Waals surface area contributed by atoms with Gasteiger partial charge in [-0.2, -0.15) is 0 Å². The topological polar surface area (TPSA) is 12.0 Å². The van der Waals surface area contributed by atoms with Crippen molar-refractivity contribution in [3.05, 3.63) is 70.0 Å². The van der Waals surface area contributed by atoms with Gasteiger partial charge in [-0.05, 0) is 46.1 Å². The standard InChI is InChI=1S/C14H12BrClN/c1-10-7-12(15)14(16)13(8-10)17-9-11-5-3-2-4-6-11/h2-8,17H,1,9H2. The predicted octanol–water partition coefficient (Wildman–Crippen LogP) is 4.90. The predicted molar refractivity (Wildman–Crippen MR) is 77.4 cm³/mol. The van der Waals surface area contributed by atoms with E-state index in [1.165, 1.54) is 5.56 Å². The normalized spacial score (nSPS) is 10.3. The highest BCUT2D eigenvalue weighted by Gasteiger charge is 2.05. The Morgan fingerprint density at radius 1 is 1.18 bits per heavy atom. The van der Waals surface area contributed by atoms with Gasteiger partial charge in [0.25, 0.3) is 0 Å². The average molecular weight is 310 g/mol. The van der Waals surface area contributed by atoms with Crippen LogP contribution in [-0.4, -0.2) is 0 Å². The molecule has 0 unspecified atom stereocenters. The first kappa shape index (κ1) is 12.5. The number of nitrogens with one attached hydrogen (secondary N) is 1. The van der Waals surface area contributed by atoms with E-state index in [-0.39, 0.29) is 0 Å². The highest BCUT2D eigenvalue weighted by molar-refractivity contribution is 9.10. The average Bonchev–Trinajstić information content (AvgIpc) is 2.33. The number of benzene rings is 2. The quantitative estimate of drug-likeness (QED) is 0.850. The van der Waals surface area contributed by atoms with E-state index in [4.69, 9.17) is 11.6 Å². The van der Waals surface area contributed by atoms with Gasteiger partial charge in [0.05, 0.1) is 10.7 Å². The molecule has 2 rings (SSSR count). The van der Waals surface area contributed by atoms with Gasteiger partial charge in [-0.15, -0.1) is 0 Å². The zero-order chi connectivity index (χ0) is 12.3. The van der Waals surface area contributed by atoms with Crippen molar-refractivity contribution in [1.82, 2.24) is 0 Å². The Morgan fingerprint density at radius 2 is 1.88 bits per heavy atom. The van der Waals surface area contributed by atoms with Crippen LogP contribution in [-0.2, 0) is 6.54 Å². The largest absolute Gasteiger partial charge is 0.380 e. The summed E-state index contributed by atoms with van der Waals surface area (Å²) >= 11 is 9.61. The molecule has 0 fully saturated rings. The van der Waals surface area contributed by atoms with Crippen molar-refractivity contribution < 1.29 is 0 Å². The van der Waals surface area contributed by atoms with Crippen molar-refractivity contribution in [2.24, 2.45) is 0 Å². The lowest BCUT2D eigenvalue weighted by molar-refractivity contribution is 1.15. The van der Waals surface area contributed by atoms with Crippen LogP contribution in [0.15, 0.2) is 46.9 Å². The minimum absolute atomic E-state index is 0.688. The molecule has 2 aromatic rings. The van der Waals surface area contributed by atoms with Crippen LogP contribution >= 0.6 is 27.5 Å². The monoisotopic (exact) mass is 308 g/mol. The smallest absolute Gasteiger partial charge is 0.0779 e. The van der Waals surface area contributed by atoms with Gasteiger partial charge in [-0.1, -0.05) is 41.9 Å². The third kappa shape index (κ3) is 3.24. The lowest BCUT2D eigenvalue weighted by atomic mass is 10.2. The van der Waals surface area contributed by atoms with E-state index < -0.39 is 0 Å². The minimum Gasteiger partial charge on any atom is -0.380 e. The second-order valence-electron chi connectivity index (χ2n) is 3.78. The number of hydrogen-bond acceptors (Lipinski definition) is 1. The van der Waals surface area contributed by atoms with Crippen molar-refractivity contribution in [3.63, 3.8) is 0 Å². The van der Waals surface area contributed by atoms with Crippen LogP contribution < -0.4 is 5.32 Å². The summed E-state index contributed by atoms with van der Waals surface area (Å²) in [4.78, 5) is 0. The molecule has 0 saturated carbocycles. The fourth-order valence-electron chi connectivity index (χ4n) is 1.57. The zero-order valence-corrected chi connectivity index (χ0v) is 11.6. The first-order valence-electron chi connectivity index (χ1n) is 5.25. The minimum atomic E-state index is 0.688. The fraction of sp³-hybridized carbons (Fsp3) is 0.0714. The number of anilines is 1. The second-order valence-corrected chi connectivity index (χ2v) is 5.01. The summed E-state index contributed by atoms with van der Waals surface area (Å²) in [7, 11) is 0. The molecule has 1 radical (unpaired) electrons. The Balaban J connectivity index is 2.14. The molecule has 1 nitrogen and oxygen atoms in total. The van der Waals surface area contributed by atoms with E-state index in [9.17, 15) is 0 Å². The van der Waals surface area contributed by atoms with Crippen molar-refractivity contribution in [1.29, 1.82) is 0 Å². The van der Waals surface area contributed by atoms with Crippen molar-refractivity contribution >= 4 is 33.2 Å². The second kappa shape index (κ2) is 5.56. The Hall–Kier alpha value is -0.990. The van der Waals surface area contributed by atoms with Gasteiger partial charge < -0.3 is 5.32 Å². The molecule has 17 heavy (non-hydrogen) atoms. The van der Waals surface area contributed by atoms with Gasteiger partial charge in [0, 0.05) is 11.0 Å². The highest BCUT2D eigenvalue weighted by atomic mass is 79.9. The molecule has 0 aromatic heterocycles. The van der Waals surface area contributed by atoms with Crippen molar-refractivity contribution in [3.8, 4) is 0 Å². The summed E-state index contributed by atoms with van der Waals surface area (Å²) in [6.45, 7) is 4.66. The third-order valence-corrected chi connectivity index (χ3v) is 3.67. The zero-order valence-electron chi connectivity index (χ0n) is 9.21. The van der Waals surface area contributed by atoms with E-state index >= 15 is 0 Å². The lowest BCUT2D eigenvalue weighted by Gasteiger charge is -2.10. The van der Waals surface area contributed by atoms with Crippen LogP contribution in [0.1, 0.15) is 11.1 Å². The van der Waals surface area contributed by atoms with E-state index in [0.717, 1.165) is 22.3 Å². The van der Waals surface area contributed by atoms with Gasteiger partial charge in [0.1, 0.15) is 0 Å². The summed E-state index contributed by atoms with van der Waals surface area (Å²) in [5, 5.41) is 4.00. The van der Waals surface area contributed by atoms with Crippen LogP contribution in [0.4, 0.5) is 5.69 Å². The first-order valence-corrected chi connectivity index (χ1v) is 6.42. The summed E-state index contributed by atoms with van der Waals surface area (Å²) < 4.78 is 0.863. The van der Waals surface area contributed by atoms with Crippen molar-refractivity contribution in [2.45, 2.75) is 6.54 Å². The Bertz CT molecular complexity index is 511. The van der Waals surface area contributed by atoms with Crippen LogP contribution in [0, 0.1) is 6.92 Å². The molecule has 0 heterocycles. The molecular weight excluding hydrogens is 298 g/mol. The molecule has 3 heteroatoms. The fourth-order valence-corrected chi connectivity index (χ4v) is 2.25. The lowest BCUT2D eigenvalue weighted by Crippen LogP contribution is -2.00. The molecule has 87 valence electrons. The molecule has 0 aliphatic rings. The summed E-state index contributed by atoms with van der Waals surface area (Å²) in [6.07, 6.45) is 0. The Labute approximate surface area is 115 Å². The highest BCUT2D eigenvalue weighted by Crippen LogP contribution is 2.31. The number of halogens is 2. The van der Waals surface area contributed by atoms with Gasteiger partial charge in [0.15, 0.2) is 0 Å². The molecule has 0 atom stereocenters. The third-order valence-electron chi connectivity index (χ3n) is 2.41. The number of hydrogen-bond donors (Lipinski definition) is 1. The van der Waals surface area contributed by atoms with Gasteiger partial charge >= 0.3 is 0 Å². The van der Waals surface area contributed by atoms with Crippen LogP contribution in [0.5, 0.6) is 0 Å². The van der Waals surface area contributed by atoms with Crippen LogP contribution in [0.25, 0.3) is 0 Å². The van der Waals surface area contributed by atoms with E-state index in [0.29, 0.717) is 5.02 Å². The van der Waals surface area contributed by atoms with Crippen molar-refractivity contribution in [2.75, 3.05) is 5.32 Å². The molecule has 0 bridgehead atoms. The Kier molecular flexibility index (Phi) is 4.08. The maximum atomic E-state index is 6.19. The molecule has 0 amide bonds. The molecule has 2 aromatic carbocycles. The molecule has 0 spiro atoms. The van der Waals surface area contributed by atoms with Gasteiger partial charge in [-0.3, -0.25) is 0 Å². The van der Waals surface area contributed by atoms with Crippen LogP contribution in [0.2, 0.25) is 5.02 Å². The summed E-state index contributed by atoms with van der Waals surface area (Å²) in [5.41, 5.74) is 3.04. The molecule has 0 aliphatic carbocycles. The Morgan fingerprint density at radius 3 is 2.59 bits per heavy atom. The maximum Gasteiger partial charge on any atom is 0.0779 e. The van der Waals surface area contributed by atoms with Gasteiger partial charge in [-0.25, -0.2) is 0 Å². The summed E-state index contributed by atoms with van der Waals surface area (Å²) in [5.74, 6) is 0. The first-order chi connectivity index (χ1) is 8.16. The van der Waals surface area contributed by atoms with Crippen LogP contribution in [0.3, 0.4) is 0 Å². The number of rotatable bonds is 3. The van der Waals surface area contributed by atoms with Gasteiger partial charge in [0.2, 0.25) is 0 Å². The SMILES string of the molecule is [CH2]c1cc(Br)c(Cl)c(NCc2ccccc2)c1. The molecule has 0 saturated heterocycles. The van der Waals surface area contributed by atoms with E-state index in [1.54, 1.807) is 0 Å². The molecule has 0 aliphatic heterocycles.